The van der Waals surface area contributed by atoms with Gasteiger partial charge in [-0.3, -0.25) is 4.79 Å². The van der Waals surface area contributed by atoms with Crippen LogP contribution in [0.15, 0.2) is 66.7 Å². The SMILES string of the molecule is CCc1cccc2c1C(=O)N(C(C=O)c1cc(F)ccc1OCc1ccccc1)C2. The van der Waals surface area contributed by atoms with Crippen LogP contribution in [0.3, 0.4) is 0 Å². The van der Waals surface area contributed by atoms with Gasteiger partial charge in [0.2, 0.25) is 0 Å². The second-order valence-electron chi connectivity index (χ2n) is 7.28. The molecule has 0 bridgehead atoms. The van der Waals surface area contributed by atoms with E-state index in [1.165, 1.54) is 23.1 Å². The fourth-order valence-corrected chi connectivity index (χ4v) is 3.91. The molecule has 30 heavy (non-hydrogen) atoms. The van der Waals surface area contributed by atoms with Crippen molar-refractivity contribution in [2.75, 3.05) is 0 Å². The van der Waals surface area contributed by atoms with Gasteiger partial charge in [0.1, 0.15) is 30.5 Å². The lowest BCUT2D eigenvalue weighted by Crippen LogP contribution is -2.31. The fraction of sp³-hybridized carbons (Fsp3) is 0.200. The first kappa shape index (κ1) is 19.8. The first-order chi connectivity index (χ1) is 14.6. The Balaban J connectivity index is 1.66. The third-order valence-electron chi connectivity index (χ3n) is 5.43. The number of halogens is 1. The van der Waals surface area contributed by atoms with Gasteiger partial charge >= 0.3 is 0 Å². The summed E-state index contributed by atoms with van der Waals surface area (Å²) in [5.74, 6) is -0.308. The number of nitrogens with zero attached hydrogens (tertiary/aromatic N) is 1. The summed E-state index contributed by atoms with van der Waals surface area (Å²) in [4.78, 5) is 26.8. The van der Waals surface area contributed by atoms with E-state index in [0.29, 0.717) is 29.7 Å². The Morgan fingerprint density at radius 2 is 1.90 bits per heavy atom. The summed E-state index contributed by atoms with van der Waals surface area (Å²) in [6.45, 7) is 2.57. The standard InChI is InChI=1S/C25H22FNO3/c1-2-18-9-6-10-19-14-27(25(29)24(18)19)22(15-28)21-13-20(26)11-12-23(21)30-16-17-7-4-3-5-8-17/h3-13,15,22H,2,14,16H2,1H3. The maximum absolute atomic E-state index is 14.1. The summed E-state index contributed by atoms with van der Waals surface area (Å²) < 4.78 is 20.0. The highest BCUT2D eigenvalue weighted by Gasteiger charge is 2.36. The highest BCUT2D eigenvalue weighted by Crippen LogP contribution is 2.36. The smallest absolute Gasteiger partial charge is 0.255 e. The van der Waals surface area contributed by atoms with Gasteiger partial charge in [0, 0.05) is 17.7 Å². The summed E-state index contributed by atoms with van der Waals surface area (Å²) in [5, 5.41) is 0. The van der Waals surface area contributed by atoms with Crippen molar-refractivity contribution in [3.05, 3.63) is 100 Å². The number of fused-ring (bicyclic) bond motifs is 1. The molecule has 4 rings (SSSR count). The van der Waals surface area contributed by atoms with Crippen molar-refractivity contribution in [3.8, 4) is 5.75 Å². The molecule has 3 aromatic rings. The van der Waals surface area contributed by atoms with Crippen molar-refractivity contribution in [2.24, 2.45) is 0 Å². The number of amides is 1. The van der Waals surface area contributed by atoms with E-state index in [1.807, 2.05) is 55.5 Å². The number of carbonyl (C=O) groups is 2. The van der Waals surface area contributed by atoms with E-state index in [-0.39, 0.29) is 12.5 Å². The van der Waals surface area contributed by atoms with E-state index in [2.05, 4.69) is 0 Å². The van der Waals surface area contributed by atoms with Crippen molar-refractivity contribution in [3.63, 3.8) is 0 Å². The zero-order valence-corrected chi connectivity index (χ0v) is 16.7. The molecule has 152 valence electrons. The molecule has 0 spiro atoms. The molecule has 1 unspecified atom stereocenters. The van der Waals surface area contributed by atoms with Crippen LogP contribution >= 0.6 is 0 Å². The number of hydrogen-bond donors (Lipinski definition) is 0. The van der Waals surface area contributed by atoms with E-state index in [9.17, 15) is 14.0 Å². The molecule has 0 fully saturated rings. The topological polar surface area (TPSA) is 46.6 Å². The largest absolute Gasteiger partial charge is 0.489 e. The van der Waals surface area contributed by atoms with Crippen LogP contribution in [0.4, 0.5) is 4.39 Å². The van der Waals surface area contributed by atoms with Crippen LogP contribution in [0.25, 0.3) is 0 Å². The Kier molecular flexibility index (Phi) is 5.61. The highest BCUT2D eigenvalue weighted by atomic mass is 19.1. The van der Waals surface area contributed by atoms with Crippen LogP contribution in [-0.2, 0) is 24.4 Å². The number of ether oxygens (including phenoxy) is 1. The number of aryl methyl sites for hydroxylation is 1. The van der Waals surface area contributed by atoms with E-state index < -0.39 is 11.9 Å². The maximum atomic E-state index is 14.1. The van der Waals surface area contributed by atoms with Gasteiger partial charge in [-0.2, -0.15) is 0 Å². The number of aldehydes is 1. The molecule has 1 atom stereocenters. The second-order valence-corrected chi connectivity index (χ2v) is 7.28. The number of benzene rings is 3. The van der Waals surface area contributed by atoms with Crippen LogP contribution in [0, 0.1) is 5.82 Å². The van der Waals surface area contributed by atoms with Crippen molar-refractivity contribution < 1.29 is 18.7 Å². The average molecular weight is 403 g/mol. The average Bonchev–Trinajstić information content (AvgIpc) is 3.11. The number of carbonyl (C=O) groups excluding carboxylic acids is 2. The zero-order chi connectivity index (χ0) is 21.1. The Bertz CT molecular complexity index is 1080. The highest BCUT2D eigenvalue weighted by molar-refractivity contribution is 6.01. The molecular formula is C25H22FNO3. The van der Waals surface area contributed by atoms with Gasteiger partial charge in [0.25, 0.3) is 5.91 Å². The first-order valence-corrected chi connectivity index (χ1v) is 9.95. The van der Waals surface area contributed by atoms with Gasteiger partial charge in [-0.15, -0.1) is 0 Å². The Morgan fingerprint density at radius 1 is 1.10 bits per heavy atom. The van der Waals surface area contributed by atoms with Crippen LogP contribution in [0.2, 0.25) is 0 Å². The molecule has 1 amide bonds. The maximum Gasteiger partial charge on any atom is 0.255 e. The molecular weight excluding hydrogens is 381 g/mol. The molecule has 1 aliphatic rings. The summed E-state index contributed by atoms with van der Waals surface area (Å²) in [7, 11) is 0. The predicted octanol–water partition coefficient (Wildman–Crippen LogP) is 4.86. The Morgan fingerprint density at radius 3 is 2.63 bits per heavy atom. The zero-order valence-electron chi connectivity index (χ0n) is 16.7. The second kappa shape index (κ2) is 8.49. The van der Waals surface area contributed by atoms with E-state index in [1.54, 1.807) is 0 Å². The van der Waals surface area contributed by atoms with Crippen molar-refractivity contribution in [2.45, 2.75) is 32.5 Å². The van der Waals surface area contributed by atoms with Crippen LogP contribution in [0.5, 0.6) is 5.75 Å². The number of rotatable bonds is 7. The van der Waals surface area contributed by atoms with Gasteiger partial charge in [-0.25, -0.2) is 4.39 Å². The monoisotopic (exact) mass is 403 g/mol. The molecule has 1 heterocycles. The molecule has 0 saturated carbocycles. The molecule has 0 aliphatic carbocycles. The minimum Gasteiger partial charge on any atom is -0.489 e. The molecule has 4 nitrogen and oxygen atoms in total. The van der Waals surface area contributed by atoms with Crippen LogP contribution < -0.4 is 4.74 Å². The lowest BCUT2D eigenvalue weighted by molar-refractivity contribution is -0.112. The molecule has 0 radical (unpaired) electrons. The normalized spacial score (nSPS) is 13.8. The van der Waals surface area contributed by atoms with Gasteiger partial charge in [-0.1, -0.05) is 55.5 Å². The van der Waals surface area contributed by atoms with Gasteiger partial charge in [-0.05, 0) is 41.3 Å². The fourth-order valence-electron chi connectivity index (χ4n) is 3.91. The molecule has 0 N–H and O–H groups in total. The summed E-state index contributed by atoms with van der Waals surface area (Å²) in [6, 6.07) is 18.5. The van der Waals surface area contributed by atoms with Crippen molar-refractivity contribution >= 4 is 12.2 Å². The summed E-state index contributed by atoms with van der Waals surface area (Å²) >= 11 is 0. The Hall–Kier alpha value is -3.47. The summed E-state index contributed by atoms with van der Waals surface area (Å²) in [5.41, 5.74) is 3.78. The molecule has 1 aliphatic heterocycles. The minimum absolute atomic E-state index is 0.210. The van der Waals surface area contributed by atoms with Gasteiger partial charge in [0.15, 0.2) is 0 Å². The Labute approximate surface area is 174 Å². The van der Waals surface area contributed by atoms with E-state index in [0.717, 1.165) is 23.1 Å². The van der Waals surface area contributed by atoms with E-state index >= 15 is 0 Å². The lowest BCUT2D eigenvalue weighted by atomic mass is 10.0. The minimum atomic E-state index is -0.934. The molecule has 5 heteroatoms. The van der Waals surface area contributed by atoms with Crippen molar-refractivity contribution in [1.29, 1.82) is 0 Å². The van der Waals surface area contributed by atoms with Gasteiger partial charge < -0.3 is 14.4 Å². The molecule has 0 saturated heterocycles. The molecule has 0 aromatic heterocycles. The van der Waals surface area contributed by atoms with Crippen LogP contribution in [0.1, 0.15) is 45.6 Å². The van der Waals surface area contributed by atoms with Gasteiger partial charge in [0.05, 0.1) is 0 Å². The number of hydrogen-bond acceptors (Lipinski definition) is 3. The molecule has 3 aromatic carbocycles. The van der Waals surface area contributed by atoms with E-state index in [4.69, 9.17) is 4.74 Å². The predicted molar refractivity (Wildman–Crippen MR) is 112 cm³/mol. The van der Waals surface area contributed by atoms with Crippen LogP contribution in [-0.4, -0.2) is 17.1 Å². The third-order valence-corrected chi connectivity index (χ3v) is 5.43. The quantitative estimate of drug-likeness (QED) is 0.529. The lowest BCUT2D eigenvalue weighted by Gasteiger charge is -2.25. The third kappa shape index (κ3) is 3.71. The summed E-state index contributed by atoms with van der Waals surface area (Å²) in [6.07, 6.45) is 1.40. The van der Waals surface area contributed by atoms with Crippen molar-refractivity contribution in [1.82, 2.24) is 4.90 Å². The first-order valence-electron chi connectivity index (χ1n) is 9.95.